The standard InChI is InChI=1S/C24H21F3N4O2/c1-14-4-5-17(22(32)12-19-8-9-29-31(19)3)11-21(14)16-6-7-20-18(10-16)13-28-30-23(20)33-15(2)24(25,26)27/h4-11,13,15H,12H2,1-3H3/t15-/m0/s1. The summed E-state index contributed by atoms with van der Waals surface area (Å²) in [4.78, 5) is 12.8. The van der Waals surface area contributed by atoms with E-state index < -0.39 is 12.3 Å². The summed E-state index contributed by atoms with van der Waals surface area (Å²) in [5.41, 5.74) is 3.98. The Labute approximate surface area is 188 Å². The summed E-state index contributed by atoms with van der Waals surface area (Å²) in [6.45, 7) is 2.85. The number of aromatic nitrogens is 4. The molecule has 0 aliphatic rings. The maximum atomic E-state index is 12.9. The number of aryl methyl sites for hydroxylation is 2. The van der Waals surface area contributed by atoms with Crippen LogP contribution in [-0.2, 0) is 13.5 Å². The maximum Gasteiger partial charge on any atom is 0.425 e. The van der Waals surface area contributed by atoms with Crippen LogP contribution in [0.25, 0.3) is 21.9 Å². The molecule has 9 heteroatoms. The fraction of sp³-hybridized carbons (Fsp3) is 0.250. The van der Waals surface area contributed by atoms with Crippen molar-refractivity contribution in [1.82, 2.24) is 20.0 Å². The summed E-state index contributed by atoms with van der Waals surface area (Å²) in [7, 11) is 1.79. The van der Waals surface area contributed by atoms with Gasteiger partial charge in [-0.15, -0.1) is 5.10 Å². The highest BCUT2D eigenvalue weighted by atomic mass is 19.4. The van der Waals surface area contributed by atoms with Crippen molar-refractivity contribution < 1.29 is 22.7 Å². The summed E-state index contributed by atoms with van der Waals surface area (Å²) >= 11 is 0. The molecule has 2 aromatic heterocycles. The average Bonchev–Trinajstić information content (AvgIpc) is 3.17. The fourth-order valence-electron chi connectivity index (χ4n) is 3.50. The van der Waals surface area contributed by atoms with Crippen molar-refractivity contribution >= 4 is 16.6 Å². The summed E-state index contributed by atoms with van der Waals surface area (Å²) in [6, 6.07) is 12.5. The normalized spacial score (nSPS) is 12.7. The molecule has 4 rings (SSSR count). The van der Waals surface area contributed by atoms with Gasteiger partial charge in [-0.2, -0.15) is 23.4 Å². The number of ether oxygens (including phenoxy) is 1. The lowest BCUT2D eigenvalue weighted by atomic mass is 9.94. The highest BCUT2D eigenvalue weighted by Crippen LogP contribution is 2.32. The van der Waals surface area contributed by atoms with Crippen LogP contribution in [-0.4, -0.2) is 38.0 Å². The van der Waals surface area contributed by atoms with Crippen LogP contribution in [0.2, 0.25) is 0 Å². The average molecular weight is 454 g/mol. The molecule has 2 heterocycles. The van der Waals surface area contributed by atoms with Crippen molar-refractivity contribution in [3.63, 3.8) is 0 Å². The number of Topliss-reactive ketones (excluding diaryl/α,β-unsaturated/α-hetero) is 1. The molecule has 0 N–H and O–H groups in total. The van der Waals surface area contributed by atoms with E-state index >= 15 is 0 Å². The van der Waals surface area contributed by atoms with Gasteiger partial charge in [0.25, 0.3) is 0 Å². The monoisotopic (exact) mass is 454 g/mol. The zero-order chi connectivity index (χ0) is 23.8. The van der Waals surface area contributed by atoms with Crippen molar-refractivity contribution in [2.45, 2.75) is 32.5 Å². The first kappa shape index (κ1) is 22.4. The predicted octanol–water partition coefficient (Wildman–Crippen LogP) is 5.09. The van der Waals surface area contributed by atoms with E-state index in [9.17, 15) is 18.0 Å². The number of ketones is 1. The molecule has 0 saturated carbocycles. The number of hydrogen-bond acceptors (Lipinski definition) is 5. The molecule has 0 bridgehead atoms. The van der Waals surface area contributed by atoms with Crippen molar-refractivity contribution in [3.05, 3.63) is 71.7 Å². The fourth-order valence-corrected chi connectivity index (χ4v) is 3.50. The van der Waals surface area contributed by atoms with Gasteiger partial charge in [-0.1, -0.05) is 18.2 Å². The molecule has 0 radical (unpaired) electrons. The van der Waals surface area contributed by atoms with Crippen LogP contribution >= 0.6 is 0 Å². The second-order valence-electron chi connectivity index (χ2n) is 7.83. The van der Waals surface area contributed by atoms with E-state index in [4.69, 9.17) is 4.74 Å². The number of benzene rings is 2. The first-order valence-electron chi connectivity index (χ1n) is 10.2. The Morgan fingerprint density at radius 2 is 1.94 bits per heavy atom. The molecule has 0 unspecified atom stereocenters. The van der Waals surface area contributed by atoms with Gasteiger partial charge >= 0.3 is 6.18 Å². The lowest BCUT2D eigenvalue weighted by molar-refractivity contribution is -0.189. The minimum absolute atomic E-state index is 0.0386. The highest BCUT2D eigenvalue weighted by molar-refractivity contribution is 5.99. The van der Waals surface area contributed by atoms with Gasteiger partial charge in [0.05, 0.1) is 12.6 Å². The third-order valence-electron chi connectivity index (χ3n) is 5.51. The van der Waals surface area contributed by atoms with Gasteiger partial charge in [-0.05, 0) is 54.8 Å². The summed E-state index contributed by atoms with van der Waals surface area (Å²) in [6.07, 6.45) is -3.18. The molecular formula is C24H21F3N4O2. The molecule has 170 valence electrons. The quantitative estimate of drug-likeness (QED) is 0.380. The van der Waals surface area contributed by atoms with Crippen LogP contribution in [0.3, 0.4) is 0 Å². The molecule has 4 aromatic rings. The van der Waals surface area contributed by atoms with Gasteiger partial charge in [0, 0.05) is 35.3 Å². The third-order valence-corrected chi connectivity index (χ3v) is 5.51. The molecule has 0 saturated heterocycles. The zero-order valence-electron chi connectivity index (χ0n) is 18.2. The number of alkyl halides is 3. The van der Waals surface area contributed by atoms with E-state index in [0.717, 1.165) is 29.3 Å². The molecule has 1 atom stereocenters. The van der Waals surface area contributed by atoms with Gasteiger partial charge in [0.15, 0.2) is 11.9 Å². The SMILES string of the molecule is Cc1ccc(C(=O)Cc2ccnn2C)cc1-c1ccc2c(O[C@@H](C)C(F)(F)F)nncc2c1. The van der Waals surface area contributed by atoms with Crippen LogP contribution in [0.15, 0.2) is 54.9 Å². The van der Waals surface area contributed by atoms with Crippen LogP contribution in [0, 0.1) is 6.92 Å². The lowest BCUT2D eigenvalue weighted by Crippen LogP contribution is -2.31. The first-order valence-corrected chi connectivity index (χ1v) is 10.2. The minimum atomic E-state index is -4.51. The van der Waals surface area contributed by atoms with Crippen molar-refractivity contribution in [2.24, 2.45) is 7.05 Å². The number of halogens is 3. The minimum Gasteiger partial charge on any atom is -0.463 e. The number of fused-ring (bicyclic) bond motifs is 1. The van der Waals surface area contributed by atoms with E-state index in [1.165, 1.54) is 6.20 Å². The van der Waals surface area contributed by atoms with E-state index in [1.807, 2.05) is 19.1 Å². The molecular weight excluding hydrogens is 433 g/mol. The summed E-state index contributed by atoms with van der Waals surface area (Å²) in [5, 5.41) is 12.6. The largest absolute Gasteiger partial charge is 0.463 e. The second kappa shape index (κ2) is 8.65. The lowest BCUT2D eigenvalue weighted by Gasteiger charge is -2.17. The molecule has 0 spiro atoms. The van der Waals surface area contributed by atoms with Gasteiger partial charge in [-0.25, -0.2) is 0 Å². The van der Waals surface area contributed by atoms with E-state index in [0.29, 0.717) is 16.3 Å². The van der Waals surface area contributed by atoms with Crippen molar-refractivity contribution in [1.29, 1.82) is 0 Å². The number of rotatable bonds is 6. The molecule has 2 aromatic carbocycles. The highest BCUT2D eigenvalue weighted by Gasteiger charge is 2.38. The van der Waals surface area contributed by atoms with Crippen LogP contribution in [0.5, 0.6) is 5.88 Å². The van der Waals surface area contributed by atoms with Crippen LogP contribution < -0.4 is 4.74 Å². The Bertz CT molecular complexity index is 1330. The van der Waals surface area contributed by atoms with Gasteiger partial charge < -0.3 is 4.74 Å². The van der Waals surface area contributed by atoms with Gasteiger partial charge in [-0.3, -0.25) is 9.48 Å². The Balaban J connectivity index is 1.67. The summed E-state index contributed by atoms with van der Waals surface area (Å²) < 4.78 is 45.4. The topological polar surface area (TPSA) is 69.9 Å². The third kappa shape index (κ3) is 4.72. The number of hydrogen-bond donors (Lipinski definition) is 0. The Morgan fingerprint density at radius 1 is 1.15 bits per heavy atom. The second-order valence-corrected chi connectivity index (χ2v) is 7.83. The number of carbonyl (C=O) groups excluding carboxylic acids is 1. The zero-order valence-corrected chi connectivity index (χ0v) is 18.2. The predicted molar refractivity (Wildman–Crippen MR) is 117 cm³/mol. The Hall–Kier alpha value is -3.75. The summed E-state index contributed by atoms with van der Waals surface area (Å²) in [5.74, 6) is -0.218. The van der Waals surface area contributed by atoms with Crippen molar-refractivity contribution in [3.8, 4) is 17.0 Å². The molecule has 0 fully saturated rings. The first-order chi connectivity index (χ1) is 15.6. The Morgan fingerprint density at radius 3 is 2.64 bits per heavy atom. The van der Waals surface area contributed by atoms with E-state index in [2.05, 4.69) is 15.3 Å². The molecule has 0 aliphatic carbocycles. The van der Waals surface area contributed by atoms with Crippen LogP contribution in [0.4, 0.5) is 13.2 Å². The molecule has 0 amide bonds. The van der Waals surface area contributed by atoms with Gasteiger partial charge in [0.2, 0.25) is 5.88 Å². The maximum absolute atomic E-state index is 12.9. The van der Waals surface area contributed by atoms with Crippen molar-refractivity contribution in [2.75, 3.05) is 0 Å². The van der Waals surface area contributed by atoms with E-state index in [1.54, 1.807) is 48.3 Å². The Kier molecular flexibility index (Phi) is 5.88. The number of carbonyl (C=O) groups is 1. The van der Waals surface area contributed by atoms with E-state index in [-0.39, 0.29) is 18.1 Å². The smallest absolute Gasteiger partial charge is 0.425 e. The molecule has 6 nitrogen and oxygen atoms in total. The van der Waals surface area contributed by atoms with Gasteiger partial charge in [0.1, 0.15) is 0 Å². The molecule has 0 aliphatic heterocycles. The molecule has 33 heavy (non-hydrogen) atoms. The van der Waals surface area contributed by atoms with Crippen LogP contribution in [0.1, 0.15) is 28.5 Å². The number of nitrogens with zero attached hydrogens (tertiary/aromatic N) is 4.